The Balaban J connectivity index is -0.000000273. The molecular formula is C15H12FeO4S. The molecule has 0 aromatic heterocycles. The number of benzene rings is 1. The third-order valence-electron chi connectivity index (χ3n) is 1.83. The Bertz CT molecular complexity index is 466. The summed E-state index contributed by atoms with van der Waals surface area (Å²) in [6.07, 6.45) is 0. The van der Waals surface area contributed by atoms with Crippen molar-refractivity contribution in [1.29, 1.82) is 0 Å². The van der Waals surface area contributed by atoms with E-state index in [-0.39, 0.29) is 23.0 Å². The predicted octanol–water partition coefficient (Wildman–Crippen LogP) is 2.71. The molecule has 0 bridgehead atoms. The number of ether oxygens (including phenoxy) is 1. The fourth-order valence-electron chi connectivity index (χ4n) is 1.03. The molecule has 0 fully saturated rings. The molecule has 0 saturated heterocycles. The van der Waals surface area contributed by atoms with Gasteiger partial charge in [-0.05, 0) is 12.1 Å². The maximum atomic E-state index is 10.9. The minimum atomic E-state index is -0.333. The maximum Gasteiger partial charge on any atom is 2.00 e. The molecule has 0 unspecified atom stereocenters. The average molecular weight is 344 g/mol. The van der Waals surface area contributed by atoms with Gasteiger partial charge >= 0.3 is 45.6 Å². The van der Waals surface area contributed by atoms with Crippen LogP contribution in [0.5, 0.6) is 0 Å². The Morgan fingerprint density at radius 3 is 1.81 bits per heavy atom. The molecular weight excluding hydrogens is 332 g/mol. The summed E-state index contributed by atoms with van der Waals surface area (Å²) < 4.78 is 19.5. The summed E-state index contributed by atoms with van der Waals surface area (Å²) in [6, 6.07) is 16.7. The number of methoxy groups -OCH3 is 1. The number of hydrogen-bond donors (Lipinski definition) is 0. The second kappa shape index (κ2) is 18.3. The van der Waals surface area contributed by atoms with Gasteiger partial charge in [-0.25, -0.2) is 16.9 Å². The van der Waals surface area contributed by atoms with E-state index >= 15 is 0 Å². The van der Waals surface area contributed by atoms with Crippen molar-refractivity contribution in [1.82, 2.24) is 0 Å². The summed E-state index contributed by atoms with van der Waals surface area (Å²) in [4.78, 5) is 11.6. The molecule has 4 nitrogen and oxygen atoms in total. The van der Waals surface area contributed by atoms with Gasteiger partial charge < -0.3 is 17.4 Å². The Hall–Kier alpha value is -1.74. The van der Waals surface area contributed by atoms with Crippen LogP contribution in [0.3, 0.4) is 0 Å². The third-order valence-corrected chi connectivity index (χ3v) is 2.10. The molecule has 2 aromatic rings. The van der Waals surface area contributed by atoms with E-state index in [1.165, 1.54) is 7.11 Å². The summed E-state index contributed by atoms with van der Waals surface area (Å²) in [7, 11) is 1.35. The van der Waals surface area contributed by atoms with Crippen LogP contribution < -0.4 is 0 Å². The zero-order chi connectivity index (χ0) is 15.8. The number of carbonyl (C=O) groups excluding carboxylic acids is 1. The van der Waals surface area contributed by atoms with Gasteiger partial charge in [-0.3, -0.25) is 0 Å². The topological polar surface area (TPSA) is 66.1 Å². The van der Waals surface area contributed by atoms with Crippen LogP contribution >= 0.6 is 0 Å². The van der Waals surface area contributed by atoms with Crippen molar-refractivity contribution < 1.29 is 35.9 Å². The first kappa shape index (κ1) is 24.3. The first-order valence-electron chi connectivity index (χ1n) is 5.17. The van der Waals surface area contributed by atoms with E-state index < -0.39 is 0 Å². The van der Waals surface area contributed by atoms with Crippen LogP contribution in [0.2, 0.25) is 0 Å². The van der Waals surface area contributed by atoms with Gasteiger partial charge in [-0.15, -0.1) is 0 Å². The van der Waals surface area contributed by atoms with Crippen molar-refractivity contribution in [2.24, 2.45) is 0 Å². The minimum Gasteiger partial charge on any atom is -0.214 e. The molecule has 6 heteroatoms. The van der Waals surface area contributed by atoms with Crippen LogP contribution in [-0.4, -0.2) is 13.1 Å². The van der Waals surface area contributed by atoms with Crippen molar-refractivity contribution >= 4 is 18.6 Å². The van der Waals surface area contributed by atoms with Crippen molar-refractivity contribution in [3.8, 4) is 0 Å². The molecule has 0 N–H and O–H groups in total. The van der Waals surface area contributed by atoms with E-state index in [4.69, 9.17) is 21.9 Å². The van der Waals surface area contributed by atoms with Gasteiger partial charge in [0.15, 0.2) is 0 Å². The molecule has 0 heterocycles. The number of hydrogen-bond acceptors (Lipinski definition) is 3. The Morgan fingerprint density at radius 1 is 1.10 bits per heavy atom. The van der Waals surface area contributed by atoms with Crippen LogP contribution in [0.1, 0.15) is 10.4 Å². The van der Waals surface area contributed by atoms with Crippen molar-refractivity contribution in [2.75, 3.05) is 7.11 Å². The first-order valence-corrected chi connectivity index (χ1v) is 5.58. The minimum absolute atomic E-state index is 0. The predicted molar refractivity (Wildman–Crippen MR) is 73.3 cm³/mol. The van der Waals surface area contributed by atoms with Crippen LogP contribution in [-0.2, 0) is 43.7 Å². The molecule has 0 aliphatic rings. The zero-order valence-electron chi connectivity index (χ0n) is 11.1. The summed E-state index contributed by atoms with van der Waals surface area (Å²) in [5.41, 5.74) is 0.529. The fourth-order valence-corrected chi connectivity index (χ4v) is 1.17. The Morgan fingerprint density at radius 2 is 1.52 bits per heavy atom. The fraction of sp³-hybridized carbons (Fsp3) is 0.0667. The Labute approximate surface area is 140 Å². The normalized spacial score (nSPS) is 6.90. The van der Waals surface area contributed by atoms with E-state index in [1.807, 2.05) is 30.3 Å². The van der Waals surface area contributed by atoms with Gasteiger partial charge in [0.2, 0.25) is 0 Å². The molecule has 0 aliphatic carbocycles. The number of carbonyl (C=O) groups is 1. The van der Waals surface area contributed by atoms with Gasteiger partial charge in [-0.1, -0.05) is 12.1 Å². The number of esters is 1. The molecule has 0 aliphatic heterocycles. The summed E-state index contributed by atoms with van der Waals surface area (Å²) >= 11 is 4.84. The van der Waals surface area contributed by atoms with Crippen molar-refractivity contribution in [3.05, 3.63) is 73.5 Å². The van der Waals surface area contributed by atoms with E-state index in [0.717, 1.165) is 4.90 Å². The van der Waals surface area contributed by atoms with Gasteiger partial charge in [0.25, 0.3) is 0 Å². The van der Waals surface area contributed by atoms with E-state index in [1.54, 1.807) is 24.3 Å². The molecule has 0 radical (unpaired) electrons. The molecule has 2 rings (SSSR count). The average Bonchev–Trinajstić information content (AvgIpc) is 3.11. The number of rotatable bonds is 1. The summed E-state index contributed by atoms with van der Waals surface area (Å²) in [5.74, 6) is -0.333. The third kappa shape index (κ3) is 13.0. The maximum absolute atomic E-state index is 10.9. The molecule has 110 valence electrons. The van der Waals surface area contributed by atoms with Gasteiger partial charge in [0.05, 0.1) is 12.7 Å². The van der Waals surface area contributed by atoms with Gasteiger partial charge in [0, 0.05) is 0 Å². The van der Waals surface area contributed by atoms with Gasteiger partial charge in [0.1, 0.15) is 0 Å². The first-order chi connectivity index (χ1) is 9.74. The van der Waals surface area contributed by atoms with Crippen LogP contribution in [0.4, 0.5) is 0 Å². The smallest absolute Gasteiger partial charge is 0.214 e. The summed E-state index contributed by atoms with van der Waals surface area (Å²) in [5, 5.41) is 0. The molecule has 2 aromatic carbocycles. The zero-order valence-corrected chi connectivity index (χ0v) is 13.0. The van der Waals surface area contributed by atoms with Crippen molar-refractivity contribution in [3.63, 3.8) is 0 Å². The van der Waals surface area contributed by atoms with Crippen LogP contribution in [0, 0.1) is 13.3 Å². The molecule has 0 saturated carbocycles. The van der Waals surface area contributed by atoms with Crippen molar-refractivity contribution in [2.45, 2.75) is 4.90 Å². The molecule has 0 atom stereocenters. The second-order valence-corrected chi connectivity index (χ2v) is 3.45. The SMILES string of the molecule is COC(=O)c1ccc([S-])cc1.[C-]#[O+].[C-]#[O+].[Fe+2].c1cc[cH-]c1. The largest absolute Gasteiger partial charge is 2.00 e. The summed E-state index contributed by atoms with van der Waals surface area (Å²) in [6.45, 7) is 9.00. The molecule has 0 amide bonds. The monoisotopic (exact) mass is 344 g/mol. The molecule has 0 spiro atoms. The molecule has 21 heavy (non-hydrogen) atoms. The van der Waals surface area contributed by atoms with Crippen LogP contribution in [0.25, 0.3) is 0 Å². The standard InChI is InChI=1S/C8H8O2S.C5H5.2CO.Fe/c1-10-8(9)6-2-4-7(11)5-3-6;1-2-4-5-3-1;2*1-2;/h2-5,11H,1H3;1-5H;;;/q;-1;;;+2/p-1. The quantitative estimate of drug-likeness (QED) is 0.263. The van der Waals surface area contributed by atoms with E-state index in [9.17, 15) is 4.79 Å². The van der Waals surface area contributed by atoms with E-state index in [0.29, 0.717) is 5.56 Å². The second-order valence-electron chi connectivity index (χ2n) is 2.98. The van der Waals surface area contributed by atoms with Gasteiger partial charge in [-0.2, -0.15) is 23.1 Å². The van der Waals surface area contributed by atoms with E-state index in [2.05, 4.69) is 18.0 Å². The Kier molecular flexibility index (Phi) is 21.1. The van der Waals surface area contributed by atoms with Crippen LogP contribution in [0.15, 0.2) is 59.5 Å².